The molecule has 0 unspecified atom stereocenters. The Morgan fingerprint density at radius 3 is 2.81 bits per heavy atom. The normalized spacial score (nSPS) is 10.7. The first kappa shape index (κ1) is 13.9. The van der Waals surface area contributed by atoms with Gasteiger partial charge < -0.3 is 9.52 Å². The van der Waals surface area contributed by atoms with Crippen molar-refractivity contribution in [2.75, 3.05) is 0 Å². The molecule has 2 heterocycles. The number of halogens is 1. The lowest BCUT2D eigenvalue weighted by atomic mass is 10.2. The fourth-order valence-corrected chi connectivity index (χ4v) is 2.84. The van der Waals surface area contributed by atoms with E-state index in [4.69, 9.17) is 21.1 Å². The predicted octanol–water partition coefficient (Wildman–Crippen LogP) is 4.35. The van der Waals surface area contributed by atoms with Crippen molar-refractivity contribution in [2.45, 2.75) is 6.42 Å². The second-order valence-electron chi connectivity index (χ2n) is 4.36. The Morgan fingerprint density at radius 1 is 1.33 bits per heavy atom. The summed E-state index contributed by atoms with van der Waals surface area (Å²) < 4.78 is 5.77. The van der Waals surface area contributed by atoms with Crippen LogP contribution in [-0.4, -0.2) is 16.1 Å². The highest BCUT2D eigenvalue weighted by Gasteiger charge is 2.19. The average Bonchev–Trinajstić information content (AvgIpc) is 3.07. The largest absolute Gasteiger partial charge is 0.481 e. The van der Waals surface area contributed by atoms with Gasteiger partial charge in [-0.05, 0) is 23.6 Å². The number of aromatic nitrogens is 1. The molecule has 0 fully saturated rings. The van der Waals surface area contributed by atoms with Gasteiger partial charge in [-0.3, -0.25) is 4.79 Å². The van der Waals surface area contributed by atoms with E-state index in [9.17, 15) is 4.79 Å². The molecule has 4 nitrogen and oxygen atoms in total. The minimum atomic E-state index is -0.953. The van der Waals surface area contributed by atoms with Gasteiger partial charge in [-0.2, -0.15) is 11.3 Å². The van der Waals surface area contributed by atoms with Gasteiger partial charge in [0.2, 0.25) is 5.89 Å². The van der Waals surface area contributed by atoms with E-state index < -0.39 is 5.97 Å². The number of nitrogens with zero attached hydrogens (tertiary/aromatic N) is 1. The topological polar surface area (TPSA) is 63.3 Å². The lowest BCUT2D eigenvalue weighted by Gasteiger charge is -1.97. The van der Waals surface area contributed by atoms with Crippen molar-refractivity contribution in [3.8, 4) is 22.8 Å². The number of carboxylic acid groups (broad SMARTS) is 1. The quantitative estimate of drug-likeness (QED) is 0.776. The summed E-state index contributed by atoms with van der Waals surface area (Å²) in [6, 6.07) is 9.03. The molecule has 1 aromatic carbocycles. The molecule has 21 heavy (non-hydrogen) atoms. The number of carbonyl (C=O) groups is 1. The minimum Gasteiger partial charge on any atom is -0.481 e. The zero-order valence-corrected chi connectivity index (χ0v) is 12.3. The van der Waals surface area contributed by atoms with Gasteiger partial charge in [0.05, 0.1) is 22.7 Å². The standard InChI is InChI=1S/C15H10ClNO3S/c16-11-4-2-1-3-10(11)15-17-12(7-13(18)19)14(20-15)9-5-6-21-8-9/h1-6,8H,7H2,(H,18,19). The van der Waals surface area contributed by atoms with E-state index >= 15 is 0 Å². The molecule has 106 valence electrons. The summed E-state index contributed by atoms with van der Waals surface area (Å²) in [5, 5.41) is 13.3. The maximum atomic E-state index is 11.0. The number of rotatable bonds is 4. The number of oxazole rings is 1. The van der Waals surface area contributed by atoms with Crippen LogP contribution >= 0.6 is 22.9 Å². The van der Waals surface area contributed by atoms with Crippen molar-refractivity contribution in [1.29, 1.82) is 0 Å². The summed E-state index contributed by atoms with van der Waals surface area (Å²) in [4.78, 5) is 15.3. The van der Waals surface area contributed by atoms with E-state index in [0.717, 1.165) is 5.56 Å². The summed E-state index contributed by atoms with van der Waals surface area (Å²) in [5.41, 5.74) is 1.87. The van der Waals surface area contributed by atoms with Crippen LogP contribution in [-0.2, 0) is 11.2 Å². The first-order valence-electron chi connectivity index (χ1n) is 6.14. The molecule has 3 rings (SSSR count). The number of benzene rings is 1. The molecule has 0 atom stereocenters. The highest BCUT2D eigenvalue weighted by molar-refractivity contribution is 7.08. The SMILES string of the molecule is O=C(O)Cc1nc(-c2ccccc2Cl)oc1-c1ccsc1. The van der Waals surface area contributed by atoms with Crippen molar-refractivity contribution in [2.24, 2.45) is 0 Å². The third-order valence-electron chi connectivity index (χ3n) is 2.90. The summed E-state index contributed by atoms with van der Waals surface area (Å²) in [6.45, 7) is 0. The Morgan fingerprint density at radius 2 is 2.14 bits per heavy atom. The molecule has 0 bridgehead atoms. The maximum Gasteiger partial charge on any atom is 0.309 e. The Kier molecular flexibility index (Phi) is 3.77. The molecular weight excluding hydrogens is 310 g/mol. The Hall–Kier alpha value is -2.11. The van der Waals surface area contributed by atoms with Crippen molar-refractivity contribution in [3.63, 3.8) is 0 Å². The van der Waals surface area contributed by atoms with Crippen LogP contribution in [0.3, 0.4) is 0 Å². The maximum absolute atomic E-state index is 11.0. The molecule has 6 heteroatoms. The van der Waals surface area contributed by atoms with Gasteiger partial charge in [0.15, 0.2) is 5.76 Å². The molecule has 0 amide bonds. The van der Waals surface area contributed by atoms with Gasteiger partial charge in [-0.25, -0.2) is 4.98 Å². The summed E-state index contributed by atoms with van der Waals surface area (Å²) in [5.74, 6) is -0.142. The molecule has 0 radical (unpaired) electrons. The second-order valence-corrected chi connectivity index (χ2v) is 5.54. The van der Waals surface area contributed by atoms with E-state index in [1.807, 2.05) is 29.0 Å². The Labute approximate surface area is 129 Å². The van der Waals surface area contributed by atoms with E-state index in [1.165, 1.54) is 11.3 Å². The van der Waals surface area contributed by atoms with Crippen LogP contribution in [0.15, 0.2) is 45.5 Å². The molecule has 0 aliphatic heterocycles. The average molecular weight is 320 g/mol. The van der Waals surface area contributed by atoms with E-state index in [0.29, 0.717) is 27.9 Å². The van der Waals surface area contributed by atoms with Crippen LogP contribution in [0.1, 0.15) is 5.69 Å². The number of carboxylic acids is 1. The van der Waals surface area contributed by atoms with Gasteiger partial charge in [0.25, 0.3) is 0 Å². The fraction of sp³-hybridized carbons (Fsp3) is 0.0667. The predicted molar refractivity (Wildman–Crippen MR) is 81.6 cm³/mol. The Bertz CT molecular complexity index is 780. The molecular formula is C15H10ClNO3S. The molecule has 0 saturated carbocycles. The summed E-state index contributed by atoms with van der Waals surface area (Å²) in [6.07, 6.45) is -0.195. The molecule has 0 aliphatic rings. The first-order chi connectivity index (χ1) is 10.1. The van der Waals surface area contributed by atoms with Crippen molar-refractivity contribution in [3.05, 3.63) is 51.8 Å². The fourth-order valence-electron chi connectivity index (χ4n) is 1.98. The highest BCUT2D eigenvalue weighted by atomic mass is 35.5. The van der Waals surface area contributed by atoms with Crippen LogP contribution in [0.4, 0.5) is 0 Å². The lowest BCUT2D eigenvalue weighted by molar-refractivity contribution is -0.136. The van der Waals surface area contributed by atoms with Gasteiger partial charge in [-0.1, -0.05) is 23.7 Å². The molecule has 0 aliphatic carbocycles. The van der Waals surface area contributed by atoms with Crippen LogP contribution in [0, 0.1) is 0 Å². The van der Waals surface area contributed by atoms with E-state index in [-0.39, 0.29) is 6.42 Å². The number of thiophene rings is 1. The van der Waals surface area contributed by atoms with Gasteiger partial charge in [0, 0.05) is 10.9 Å². The second kappa shape index (κ2) is 5.71. The molecule has 2 aromatic heterocycles. The van der Waals surface area contributed by atoms with Crippen molar-refractivity contribution >= 4 is 28.9 Å². The van der Waals surface area contributed by atoms with Gasteiger partial charge >= 0.3 is 5.97 Å². The summed E-state index contributed by atoms with van der Waals surface area (Å²) in [7, 11) is 0. The number of hydrogen-bond acceptors (Lipinski definition) is 4. The lowest BCUT2D eigenvalue weighted by Crippen LogP contribution is -2.01. The molecule has 0 saturated heterocycles. The van der Waals surface area contributed by atoms with Crippen LogP contribution in [0.25, 0.3) is 22.8 Å². The highest BCUT2D eigenvalue weighted by Crippen LogP contribution is 2.34. The molecule has 1 N–H and O–H groups in total. The van der Waals surface area contributed by atoms with Crippen LogP contribution in [0.2, 0.25) is 5.02 Å². The molecule has 0 spiro atoms. The van der Waals surface area contributed by atoms with Crippen molar-refractivity contribution < 1.29 is 14.3 Å². The van der Waals surface area contributed by atoms with Gasteiger partial charge in [-0.15, -0.1) is 0 Å². The molecule has 3 aromatic rings. The first-order valence-corrected chi connectivity index (χ1v) is 7.46. The third kappa shape index (κ3) is 2.84. The van der Waals surface area contributed by atoms with Gasteiger partial charge in [0.1, 0.15) is 0 Å². The van der Waals surface area contributed by atoms with Crippen molar-refractivity contribution in [1.82, 2.24) is 4.98 Å². The summed E-state index contributed by atoms with van der Waals surface area (Å²) >= 11 is 7.65. The number of aliphatic carboxylic acids is 1. The smallest absolute Gasteiger partial charge is 0.309 e. The van der Waals surface area contributed by atoms with Crippen LogP contribution in [0.5, 0.6) is 0 Å². The zero-order chi connectivity index (χ0) is 14.8. The van der Waals surface area contributed by atoms with E-state index in [2.05, 4.69) is 4.98 Å². The monoisotopic (exact) mass is 319 g/mol. The minimum absolute atomic E-state index is 0.195. The number of hydrogen-bond donors (Lipinski definition) is 1. The third-order valence-corrected chi connectivity index (χ3v) is 3.92. The van der Waals surface area contributed by atoms with E-state index in [1.54, 1.807) is 12.1 Å². The zero-order valence-electron chi connectivity index (χ0n) is 10.7. The van der Waals surface area contributed by atoms with Crippen LogP contribution < -0.4 is 0 Å². The Balaban J connectivity index is 2.12.